The molecule has 3 heteroatoms. The first-order chi connectivity index (χ1) is 13.2. The van der Waals surface area contributed by atoms with Gasteiger partial charge in [-0.25, -0.2) is 0 Å². The van der Waals surface area contributed by atoms with Gasteiger partial charge in [0.2, 0.25) is 0 Å². The van der Waals surface area contributed by atoms with Gasteiger partial charge in [0.25, 0.3) is 0 Å². The number of hydrogen-bond donors (Lipinski definition) is 0. The quantitative estimate of drug-likeness (QED) is 0.534. The van der Waals surface area contributed by atoms with Crippen LogP contribution in [0.4, 0.5) is 0 Å². The molecule has 0 spiro atoms. The summed E-state index contributed by atoms with van der Waals surface area (Å²) >= 11 is -1.01. The Morgan fingerprint density at radius 1 is 0.621 bits per heavy atom. The predicted molar refractivity (Wildman–Crippen MR) is 112 cm³/mol. The van der Waals surface area contributed by atoms with Crippen LogP contribution in [0.25, 0.3) is 0 Å². The zero-order chi connectivity index (χ0) is 18.7. The number of hydrogen-bond acceptors (Lipinski definition) is 0. The number of benzene rings is 2. The average molecular weight is 501 g/mol. The molecular weight excluding hydrogens is 474 g/mol. The van der Waals surface area contributed by atoms with Crippen LogP contribution < -0.4 is 24.8 Å². The Balaban J connectivity index is 0.00000150. The van der Waals surface area contributed by atoms with E-state index in [1.165, 1.54) is 22.3 Å². The second-order valence-electron chi connectivity index (χ2n) is 7.41. The molecule has 0 saturated carbocycles. The number of rotatable bonds is 6. The monoisotopic (exact) mass is 498 g/mol. The van der Waals surface area contributed by atoms with E-state index < -0.39 is 23.2 Å². The van der Waals surface area contributed by atoms with Gasteiger partial charge in [0.15, 0.2) is 0 Å². The molecule has 29 heavy (non-hydrogen) atoms. The van der Waals surface area contributed by atoms with Gasteiger partial charge in [-0.1, -0.05) is 0 Å². The summed E-state index contributed by atoms with van der Waals surface area (Å²) in [6, 6.07) is 18.5. The molecule has 0 unspecified atom stereocenters. The molecule has 0 aromatic heterocycles. The van der Waals surface area contributed by atoms with Crippen LogP contribution in [0.5, 0.6) is 0 Å². The third-order valence-corrected chi connectivity index (χ3v) is 10.8. The number of aryl methyl sites for hydroxylation is 2. The first kappa shape index (κ1) is 24.1. The number of allylic oxidation sites excluding steroid dienone is 8. The van der Waals surface area contributed by atoms with Crippen LogP contribution in [0.1, 0.15) is 36.1 Å². The van der Waals surface area contributed by atoms with Crippen molar-refractivity contribution in [3.8, 4) is 0 Å². The van der Waals surface area contributed by atoms with Crippen molar-refractivity contribution in [1.82, 2.24) is 0 Å². The van der Waals surface area contributed by atoms with Gasteiger partial charge in [-0.3, -0.25) is 0 Å². The first-order valence-electron chi connectivity index (χ1n) is 9.92. The Bertz CT molecular complexity index is 851. The predicted octanol–water partition coefficient (Wildman–Crippen LogP) is 0.245. The summed E-state index contributed by atoms with van der Waals surface area (Å²) in [6.07, 6.45) is 21.0. The molecule has 148 valence electrons. The van der Waals surface area contributed by atoms with Crippen LogP contribution in [0.2, 0.25) is 0 Å². The van der Waals surface area contributed by atoms with Gasteiger partial charge in [0, 0.05) is 0 Å². The van der Waals surface area contributed by atoms with E-state index in [9.17, 15) is 0 Å². The Labute approximate surface area is 199 Å². The van der Waals surface area contributed by atoms with Crippen LogP contribution in [0, 0.1) is 0 Å². The van der Waals surface area contributed by atoms with Gasteiger partial charge in [-0.15, -0.1) is 0 Å². The first-order valence-corrected chi connectivity index (χ1v) is 12.4. The zero-order valence-corrected chi connectivity index (χ0v) is 20.9. The van der Waals surface area contributed by atoms with E-state index in [0.29, 0.717) is 0 Å². The second kappa shape index (κ2) is 10.3. The van der Waals surface area contributed by atoms with E-state index in [1.54, 1.807) is 0 Å². The molecule has 2 aromatic carbocycles. The molecule has 0 nitrogen and oxygen atoms in total. The van der Waals surface area contributed by atoms with E-state index in [1.807, 2.05) is 0 Å². The maximum Gasteiger partial charge on any atom is -1.00 e. The van der Waals surface area contributed by atoms with Gasteiger partial charge < -0.3 is 24.8 Å². The SMILES string of the molecule is CCc1cccc([C]2([Zr+2][C]3(c4cccc(CC)c4)C=CC=C3)C=CC=C2)c1.[Cl-].[Cl-]. The number of halogens is 2. The van der Waals surface area contributed by atoms with Crippen molar-refractivity contribution < 1.29 is 48.0 Å². The molecule has 0 N–H and O–H groups in total. The van der Waals surface area contributed by atoms with Gasteiger partial charge in [0.05, 0.1) is 0 Å². The minimum absolute atomic E-state index is 0. The van der Waals surface area contributed by atoms with E-state index in [0.717, 1.165) is 12.8 Å². The van der Waals surface area contributed by atoms with Crippen molar-refractivity contribution >= 4 is 0 Å². The zero-order valence-electron chi connectivity index (χ0n) is 16.9. The maximum absolute atomic E-state index is 2.46. The summed E-state index contributed by atoms with van der Waals surface area (Å²) in [4.78, 5) is 0. The fourth-order valence-electron chi connectivity index (χ4n) is 4.08. The van der Waals surface area contributed by atoms with Crippen molar-refractivity contribution in [3.63, 3.8) is 0 Å². The molecule has 2 aliphatic rings. The van der Waals surface area contributed by atoms with Gasteiger partial charge >= 0.3 is 176 Å². The molecule has 2 aromatic rings. The largest absolute Gasteiger partial charge is 1.00 e. The summed E-state index contributed by atoms with van der Waals surface area (Å²) in [5.41, 5.74) is 5.80. The van der Waals surface area contributed by atoms with Gasteiger partial charge in [0.1, 0.15) is 0 Å². The molecule has 0 amide bonds. The van der Waals surface area contributed by atoms with Crippen LogP contribution in [0.3, 0.4) is 0 Å². The van der Waals surface area contributed by atoms with Crippen molar-refractivity contribution in [3.05, 3.63) is 119 Å². The van der Waals surface area contributed by atoms with Crippen molar-refractivity contribution in [2.75, 3.05) is 0 Å². The normalized spacial score (nSPS) is 16.9. The van der Waals surface area contributed by atoms with E-state index in [-0.39, 0.29) is 31.1 Å². The Morgan fingerprint density at radius 3 is 1.34 bits per heavy atom. The summed E-state index contributed by atoms with van der Waals surface area (Å²) < 4.78 is 0.214. The smallest absolute Gasteiger partial charge is 1.00 e. The van der Waals surface area contributed by atoms with Crippen LogP contribution in [0.15, 0.2) is 97.1 Å². The van der Waals surface area contributed by atoms with Crippen molar-refractivity contribution in [2.24, 2.45) is 0 Å². The minimum atomic E-state index is -1.01. The van der Waals surface area contributed by atoms with E-state index in [4.69, 9.17) is 0 Å². The fraction of sp³-hybridized carbons (Fsp3) is 0.231. The van der Waals surface area contributed by atoms with Crippen LogP contribution in [-0.4, -0.2) is 0 Å². The fourth-order valence-corrected chi connectivity index (χ4v) is 9.00. The molecule has 2 aliphatic carbocycles. The van der Waals surface area contributed by atoms with Crippen LogP contribution >= 0.6 is 0 Å². The summed E-state index contributed by atoms with van der Waals surface area (Å²) in [5, 5.41) is 0. The van der Waals surface area contributed by atoms with Crippen molar-refractivity contribution in [2.45, 2.75) is 32.9 Å². The van der Waals surface area contributed by atoms with Crippen LogP contribution in [-0.2, 0) is 42.3 Å². The molecular formula is C26H26Cl2Zr. The molecule has 4 rings (SSSR count). The Hall–Kier alpha value is -1.14. The van der Waals surface area contributed by atoms with Gasteiger partial charge in [-0.2, -0.15) is 0 Å². The standard InChI is InChI=1S/2C13H13.2ClH.Zr/c2*1-2-11-6-5-9-13(10-11)12-7-3-4-8-12;;;/h2*3-10H,2H2,1H3;2*1H;/q;;;;+2/p-2. The molecule has 0 fully saturated rings. The molecule has 0 radical (unpaired) electrons. The summed E-state index contributed by atoms with van der Waals surface area (Å²) in [5.74, 6) is 0. The third kappa shape index (κ3) is 4.79. The molecule has 0 saturated heterocycles. The Morgan fingerprint density at radius 2 is 1.00 bits per heavy atom. The molecule has 0 aliphatic heterocycles. The van der Waals surface area contributed by atoms with E-state index in [2.05, 4.69) is 111 Å². The third-order valence-electron chi connectivity index (χ3n) is 5.70. The topological polar surface area (TPSA) is 0 Å². The van der Waals surface area contributed by atoms with E-state index >= 15 is 0 Å². The average Bonchev–Trinajstić information content (AvgIpc) is 3.39. The minimum Gasteiger partial charge on any atom is -1.00 e. The molecule has 0 heterocycles. The summed E-state index contributed by atoms with van der Waals surface area (Å²) in [6.45, 7) is 4.48. The van der Waals surface area contributed by atoms with Crippen molar-refractivity contribution in [1.29, 1.82) is 0 Å². The maximum atomic E-state index is 2.46. The second-order valence-corrected chi connectivity index (χ2v) is 12.1. The summed E-state index contributed by atoms with van der Waals surface area (Å²) in [7, 11) is 0. The molecule has 0 atom stereocenters. The Kier molecular flexibility index (Phi) is 8.53. The molecule has 0 bridgehead atoms. The van der Waals surface area contributed by atoms with Gasteiger partial charge in [-0.05, 0) is 0 Å².